The van der Waals surface area contributed by atoms with Crippen LogP contribution in [0.25, 0.3) is 6.08 Å². The van der Waals surface area contributed by atoms with E-state index in [1.54, 1.807) is 17.4 Å². The van der Waals surface area contributed by atoms with Crippen LogP contribution in [0.4, 0.5) is 0 Å². The van der Waals surface area contributed by atoms with E-state index in [9.17, 15) is 4.79 Å². The van der Waals surface area contributed by atoms with Crippen LogP contribution < -0.4 is 0 Å². The largest absolute Gasteiger partial charge is 0.375 e. The zero-order chi connectivity index (χ0) is 15.6. The predicted octanol–water partition coefficient (Wildman–Crippen LogP) is 2.95. The number of morpholine rings is 1. The third-order valence-corrected chi connectivity index (χ3v) is 5.83. The van der Waals surface area contributed by atoms with E-state index in [1.165, 1.54) is 12.8 Å². The van der Waals surface area contributed by atoms with Crippen molar-refractivity contribution in [1.82, 2.24) is 4.90 Å². The molecule has 2 saturated carbocycles. The maximum absolute atomic E-state index is 12.6. The lowest BCUT2D eigenvalue weighted by molar-refractivity contribution is -0.147. The van der Waals surface area contributed by atoms with Gasteiger partial charge in [0.25, 0.3) is 0 Å². The summed E-state index contributed by atoms with van der Waals surface area (Å²) >= 11 is 1.64. The molecule has 0 unspecified atom stereocenters. The van der Waals surface area contributed by atoms with Crippen LogP contribution in [0.2, 0.25) is 0 Å². The zero-order valence-corrected chi connectivity index (χ0v) is 14.0. The van der Waals surface area contributed by atoms with Gasteiger partial charge >= 0.3 is 0 Å². The van der Waals surface area contributed by atoms with Gasteiger partial charge in [0.15, 0.2) is 0 Å². The van der Waals surface area contributed by atoms with Crippen molar-refractivity contribution in [3.05, 3.63) is 28.5 Å². The Morgan fingerprint density at radius 1 is 1.39 bits per heavy atom. The quantitative estimate of drug-likeness (QED) is 0.778. The third-order valence-electron chi connectivity index (χ3n) is 4.99. The Bertz CT molecular complexity index is 567. The molecule has 2 aliphatic carbocycles. The molecule has 2 heterocycles. The van der Waals surface area contributed by atoms with Gasteiger partial charge in [0.2, 0.25) is 5.91 Å². The lowest BCUT2D eigenvalue weighted by Crippen LogP contribution is -2.53. The van der Waals surface area contributed by atoms with Crippen molar-refractivity contribution >= 4 is 23.3 Å². The standard InChI is InChI=1S/C18H23NO3S/c20-17(8-5-14-2-1-11-23-14)19-9-10-21-18-15(19)6-7-16(18)22-12-13-3-4-13/h1-2,5,8,11,13,15-16,18H,3-4,6-7,9-10,12H2/b8-5+/t15-,16-,18+/m0/s1. The minimum atomic E-state index is 0.0570. The Labute approximate surface area is 141 Å². The van der Waals surface area contributed by atoms with Crippen LogP contribution in [0.1, 0.15) is 30.6 Å². The van der Waals surface area contributed by atoms with Gasteiger partial charge in [0.05, 0.1) is 18.8 Å². The number of carbonyl (C=O) groups excluding carboxylic acids is 1. The summed E-state index contributed by atoms with van der Waals surface area (Å²) in [4.78, 5) is 15.7. The second-order valence-electron chi connectivity index (χ2n) is 6.68. The highest BCUT2D eigenvalue weighted by Gasteiger charge is 2.45. The first-order valence-corrected chi connectivity index (χ1v) is 9.44. The zero-order valence-electron chi connectivity index (χ0n) is 13.2. The van der Waals surface area contributed by atoms with E-state index in [2.05, 4.69) is 0 Å². The van der Waals surface area contributed by atoms with Crippen molar-refractivity contribution in [1.29, 1.82) is 0 Å². The van der Waals surface area contributed by atoms with Crippen molar-refractivity contribution in [2.24, 2.45) is 5.92 Å². The number of amides is 1. The van der Waals surface area contributed by atoms with Crippen molar-refractivity contribution in [3.8, 4) is 0 Å². The molecule has 124 valence electrons. The van der Waals surface area contributed by atoms with E-state index in [-0.39, 0.29) is 24.2 Å². The molecule has 23 heavy (non-hydrogen) atoms. The molecule has 0 radical (unpaired) electrons. The number of nitrogens with zero attached hydrogens (tertiary/aromatic N) is 1. The average molecular weight is 333 g/mol. The van der Waals surface area contributed by atoms with Crippen LogP contribution in [0, 0.1) is 5.92 Å². The molecule has 4 rings (SSSR count). The number of hydrogen-bond donors (Lipinski definition) is 0. The van der Waals surface area contributed by atoms with Gasteiger partial charge in [-0.2, -0.15) is 0 Å². The van der Waals surface area contributed by atoms with E-state index in [0.29, 0.717) is 13.2 Å². The monoisotopic (exact) mass is 333 g/mol. The van der Waals surface area contributed by atoms with Gasteiger partial charge in [-0.1, -0.05) is 6.07 Å². The Morgan fingerprint density at radius 3 is 3.09 bits per heavy atom. The molecular formula is C18H23NO3S. The minimum absolute atomic E-state index is 0.0570. The summed E-state index contributed by atoms with van der Waals surface area (Å²) in [6, 6.07) is 4.19. The SMILES string of the molecule is O=C(/C=C/c1cccs1)N1CCO[C@H]2[C@@H](OCC3CC3)CC[C@@H]21. The molecule has 0 spiro atoms. The highest BCUT2D eigenvalue weighted by atomic mass is 32.1. The van der Waals surface area contributed by atoms with Crippen LogP contribution >= 0.6 is 11.3 Å². The number of ether oxygens (including phenoxy) is 2. The van der Waals surface area contributed by atoms with E-state index >= 15 is 0 Å². The Morgan fingerprint density at radius 2 is 2.30 bits per heavy atom. The Balaban J connectivity index is 1.38. The van der Waals surface area contributed by atoms with Gasteiger partial charge in [0, 0.05) is 24.1 Å². The van der Waals surface area contributed by atoms with E-state index < -0.39 is 0 Å². The molecule has 4 nitrogen and oxygen atoms in total. The Kier molecular flexibility index (Phi) is 4.51. The second kappa shape index (κ2) is 6.75. The summed E-state index contributed by atoms with van der Waals surface area (Å²) in [5.41, 5.74) is 0. The molecule has 5 heteroatoms. The highest BCUT2D eigenvalue weighted by molar-refractivity contribution is 7.10. The van der Waals surface area contributed by atoms with Gasteiger partial charge in [-0.15, -0.1) is 11.3 Å². The van der Waals surface area contributed by atoms with Crippen LogP contribution in [-0.4, -0.2) is 48.8 Å². The maximum Gasteiger partial charge on any atom is 0.247 e. The summed E-state index contributed by atoms with van der Waals surface area (Å²) in [5, 5.41) is 2.02. The van der Waals surface area contributed by atoms with Crippen molar-refractivity contribution in [2.75, 3.05) is 19.8 Å². The molecule has 1 saturated heterocycles. The fourth-order valence-corrected chi connectivity index (χ4v) is 4.17. The van der Waals surface area contributed by atoms with Gasteiger partial charge in [-0.3, -0.25) is 4.79 Å². The molecule has 1 aliphatic heterocycles. The summed E-state index contributed by atoms with van der Waals surface area (Å²) < 4.78 is 12.0. The lowest BCUT2D eigenvalue weighted by Gasteiger charge is -2.38. The molecule has 0 aromatic carbocycles. The van der Waals surface area contributed by atoms with Crippen LogP contribution in [-0.2, 0) is 14.3 Å². The van der Waals surface area contributed by atoms with Gasteiger partial charge in [-0.05, 0) is 49.1 Å². The molecule has 1 aromatic heterocycles. The number of carbonyl (C=O) groups is 1. The summed E-state index contributed by atoms with van der Waals surface area (Å²) in [6.07, 6.45) is 8.43. The summed E-state index contributed by atoms with van der Waals surface area (Å²) in [6.45, 7) is 2.16. The fraction of sp³-hybridized carbons (Fsp3) is 0.611. The number of thiophene rings is 1. The summed E-state index contributed by atoms with van der Waals surface area (Å²) in [7, 11) is 0. The average Bonchev–Trinajstić information content (AvgIpc) is 3.09. The van der Waals surface area contributed by atoms with Crippen molar-refractivity contribution in [2.45, 2.75) is 43.9 Å². The predicted molar refractivity (Wildman–Crippen MR) is 90.3 cm³/mol. The highest BCUT2D eigenvalue weighted by Crippen LogP contribution is 2.35. The number of rotatable bonds is 5. The molecule has 3 atom stereocenters. The second-order valence-corrected chi connectivity index (χ2v) is 7.65. The van der Waals surface area contributed by atoms with E-state index in [4.69, 9.17) is 9.47 Å². The maximum atomic E-state index is 12.6. The number of hydrogen-bond acceptors (Lipinski definition) is 4. The van der Waals surface area contributed by atoms with Crippen molar-refractivity contribution in [3.63, 3.8) is 0 Å². The molecule has 0 bridgehead atoms. The van der Waals surface area contributed by atoms with Gasteiger partial charge in [0.1, 0.15) is 6.10 Å². The van der Waals surface area contributed by atoms with Crippen LogP contribution in [0.3, 0.4) is 0 Å². The first-order chi connectivity index (χ1) is 11.3. The summed E-state index contributed by atoms with van der Waals surface area (Å²) in [5.74, 6) is 0.864. The van der Waals surface area contributed by atoms with E-state index in [0.717, 1.165) is 30.2 Å². The Hall–Kier alpha value is -1.17. The molecule has 3 fully saturated rings. The van der Waals surface area contributed by atoms with Crippen LogP contribution in [0.15, 0.2) is 23.6 Å². The van der Waals surface area contributed by atoms with Crippen LogP contribution in [0.5, 0.6) is 0 Å². The molecule has 0 N–H and O–H groups in total. The topological polar surface area (TPSA) is 38.8 Å². The van der Waals surface area contributed by atoms with E-state index in [1.807, 2.05) is 28.5 Å². The third kappa shape index (κ3) is 3.52. The molecular weight excluding hydrogens is 310 g/mol. The lowest BCUT2D eigenvalue weighted by atomic mass is 10.1. The number of fused-ring (bicyclic) bond motifs is 1. The fourth-order valence-electron chi connectivity index (χ4n) is 3.55. The van der Waals surface area contributed by atoms with Crippen molar-refractivity contribution < 1.29 is 14.3 Å². The van der Waals surface area contributed by atoms with Gasteiger partial charge in [-0.25, -0.2) is 0 Å². The smallest absolute Gasteiger partial charge is 0.247 e. The minimum Gasteiger partial charge on any atom is -0.375 e. The molecule has 1 amide bonds. The van der Waals surface area contributed by atoms with Gasteiger partial charge < -0.3 is 14.4 Å². The first-order valence-electron chi connectivity index (χ1n) is 8.56. The molecule has 3 aliphatic rings. The first kappa shape index (κ1) is 15.4. The normalized spacial score (nSPS) is 30.8. The molecule has 1 aromatic rings.